The molecule has 6 nitrogen and oxygen atoms in total. The molecule has 1 saturated carbocycles. The van der Waals surface area contributed by atoms with Gasteiger partial charge in [-0.25, -0.2) is 0 Å². The molecule has 4 rings (SSSR count). The number of rotatable bonds is 4. The standard InChI is InChI=1S/C23H30ClN3O3/c24-18-6-8-20(9-7-18)27-15-17(14-21(27)28)22(29)25-19-10-12-26(13-11-19)23(30)16-4-2-1-3-5-16/h6-9,16-17,19H,1-5,10-15H2,(H,25,29). The predicted octanol–water partition coefficient (Wildman–Crippen LogP) is 3.38. The number of piperidine rings is 1. The average molecular weight is 432 g/mol. The van der Waals surface area contributed by atoms with Crippen molar-refractivity contribution in [1.82, 2.24) is 10.2 Å². The lowest BCUT2D eigenvalue weighted by atomic mass is 9.87. The zero-order chi connectivity index (χ0) is 21.1. The molecule has 2 saturated heterocycles. The number of carbonyl (C=O) groups excluding carboxylic acids is 3. The maximum absolute atomic E-state index is 12.8. The lowest BCUT2D eigenvalue weighted by molar-refractivity contribution is -0.137. The lowest BCUT2D eigenvalue weighted by Gasteiger charge is -2.35. The minimum absolute atomic E-state index is 0.0367. The first-order chi connectivity index (χ1) is 14.5. The van der Waals surface area contributed by atoms with Gasteiger partial charge in [0.15, 0.2) is 0 Å². The Bertz CT molecular complexity index is 783. The van der Waals surface area contributed by atoms with E-state index in [1.807, 2.05) is 4.90 Å². The highest BCUT2D eigenvalue weighted by atomic mass is 35.5. The van der Waals surface area contributed by atoms with Gasteiger partial charge >= 0.3 is 0 Å². The maximum atomic E-state index is 12.8. The number of benzene rings is 1. The van der Waals surface area contributed by atoms with Crippen molar-refractivity contribution in [2.24, 2.45) is 11.8 Å². The van der Waals surface area contributed by atoms with Crippen LogP contribution in [0.3, 0.4) is 0 Å². The molecule has 1 unspecified atom stereocenters. The van der Waals surface area contributed by atoms with Gasteiger partial charge in [0.25, 0.3) is 0 Å². The van der Waals surface area contributed by atoms with E-state index in [4.69, 9.17) is 11.6 Å². The van der Waals surface area contributed by atoms with E-state index in [1.165, 1.54) is 6.42 Å². The van der Waals surface area contributed by atoms with E-state index in [2.05, 4.69) is 5.32 Å². The molecule has 162 valence electrons. The van der Waals surface area contributed by atoms with Crippen LogP contribution in [0.5, 0.6) is 0 Å². The molecule has 3 aliphatic rings. The van der Waals surface area contributed by atoms with Crippen LogP contribution in [0.25, 0.3) is 0 Å². The number of anilines is 1. The summed E-state index contributed by atoms with van der Waals surface area (Å²) >= 11 is 5.92. The van der Waals surface area contributed by atoms with Crippen molar-refractivity contribution >= 4 is 35.0 Å². The van der Waals surface area contributed by atoms with Gasteiger partial charge in [0.1, 0.15) is 0 Å². The second kappa shape index (κ2) is 9.38. The molecule has 0 spiro atoms. The molecule has 2 heterocycles. The normalized spacial score (nSPS) is 23.6. The molecule has 3 fully saturated rings. The van der Waals surface area contributed by atoms with Crippen LogP contribution in [0.4, 0.5) is 5.69 Å². The SMILES string of the molecule is O=C(NC1CCN(C(=O)C2CCCCC2)CC1)C1CC(=O)N(c2ccc(Cl)cc2)C1. The van der Waals surface area contributed by atoms with Crippen molar-refractivity contribution < 1.29 is 14.4 Å². The number of amides is 3. The Kier molecular flexibility index (Phi) is 6.61. The van der Waals surface area contributed by atoms with Crippen molar-refractivity contribution in [2.45, 2.75) is 57.4 Å². The number of nitrogens with zero attached hydrogens (tertiary/aromatic N) is 2. The van der Waals surface area contributed by atoms with Gasteiger partial charge < -0.3 is 15.1 Å². The third-order valence-corrected chi connectivity index (χ3v) is 6.99. The summed E-state index contributed by atoms with van der Waals surface area (Å²) in [5.74, 6) is 0.0741. The molecule has 1 aromatic rings. The Hall–Kier alpha value is -2.08. The van der Waals surface area contributed by atoms with E-state index in [0.717, 1.165) is 44.2 Å². The maximum Gasteiger partial charge on any atom is 0.227 e. The van der Waals surface area contributed by atoms with Crippen LogP contribution in [0.15, 0.2) is 24.3 Å². The average Bonchev–Trinajstić information content (AvgIpc) is 3.17. The number of hydrogen-bond donors (Lipinski definition) is 1. The van der Waals surface area contributed by atoms with Gasteiger partial charge in [-0.05, 0) is 49.9 Å². The summed E-state index contributed by atoms with van der Waals surface area (Å²) in [4.78, 5) is 41.5. The van der Waals surface area contributed by atoms with Gasteiger partial charge in [-0.2, -0.15) is 0 Å². The molecular formula is C23H30ClN3O3. The van der Waals surface area contributed by atoms with Crippen molar-refractivity contribution in [3.63, 3.8) is 0 Å². The molecule has 0 aromatic heterocycles. The Morgan fingerprint density at radius 1 is 0.933 bits per heavy atom. The highest BCUT2D eigenvalue weighted by Gasteiger charge is 2.36. The minimum Gasteiger partial charge on any atom is -0.353 e. The number of hydrogen-bond acceptors (Lipinski definition) is 3. The van der Waals surface area contributed by atoms with Gasteiger partial charge in [0.2, 0.25) is 17.7 Å². The highest BCUT2D eigenvalue weighted by molar-refractivity contribution is 6.30. The van der Waals surface area contributed by atoms with Crippen LogP contribution < -0.4 is 10.2 Å². The topological polar surface area (TPSA) is 69.7 Å². The highest BCUT2D eigenvalue weighted by Crippen LogP contribution is 2.28. The van der Waals surface area contributed by atoms with E-state index >= 15 is 0 Å². The molecule has 2 aliphatic heterocycles. The van der Waals surface area contributed by atoms with Crippen LogP contribution in [0.1, 0.15) is 51.4 Å². The third-order valence-electron chi connectivity index (χ3n) is 6.74. The third kappa shape index (κ3) is 4.80. The summed E-state index contributed by atoms with van der Waals surface area (Å²) in [5.41, 5.74) is 0.772. The van der Waals surface area contributed by atoms with Crippen molar-refractivity contribution in [2.75, 3.05) is 24.5 Å². The van der Waals surface area contributed by atoms with Gasteiger partial charge in [-0.15, -0.1) is 0 Å². The van der Waals surface area contributed by atoms with E-state index in [9.17, 15) is 14.4 Å². The number of likely N-dealkylation sites (tertiary alicyclic amines) is 1. The minimum atomic E-state index is -0.338. The van der Waals surface area contributed by atoms with Gasteiger partial charge in [-0.1, -0.05) is 30.9 Å². The van der Waals surface area contributed by atoms with Gasteiger partial charge in [-0.3, -0.25) is 14.4 Å². The van der Waals surface area contributed by atoms with E-state index in [0.29, 0.717) is 30.6 Å². The van der Waals surface area contributed by atoms with E-state index in [1.54, 1.807) is 29.2 Å². The first kappa shape index (κ1) is 21.2. The van der Waals surface area contributed by atoms with Crippen LogP contribution in [-0.4, -0.2) is 48.3 Å². The summed E-state index contributed by atoms with van der Waals surface area (Å²) < 4.78 is 0. The molecule has 0 bridgehead atoms. The van der Waals surface area contributed by atoms with E-state index in [-0.39, 0.29) is 36.1 Å². The number of halogens is 1. The van der Waals surface area contributed by atoms with Gasteiger partial charge in [0, 0.05) is 48.7 Å². The molecular weight excluding hydrogens is 402 g/mol. The molecule has 30 heavy (non-hydrogen) atoms. The van der Waals surface area contributed by atoms with Crippen LogP contribution >= 0.6 is 11.6 Å². The molecule has 1 aromatic carbocycles. The Morgan fingerprint density at radius 3 is 2.27 bits per heavy atom. The largest absolute Gasteiger partial charge is 0.353 e. The molecule has 1 aliphatic carbocycles. The summed E-state index contributed by atoms with van der Waals surface area (Å²) in [7, 11) is 0. The molecule has 7 heteroatoms. The fourth-order valence-electron chi connectivity index (χ4n) is 4.92. The zero-order valence-electron chi connectivity index (χ0n) is 17.3. The van der Waals surface area contributed by atoms with E-state index < -0.39 is 0 Å². The predicted molar refractivity (Wildman–Crippen MR) is 116 cm³/mol. The van der Waals surface area contributed by atoms with Crippen LogP contribution in [0, 0.1) is 11.8 Å². The Balaban J connectivity index is 1.25. The summed E-state index contributed by atoms with van der Waals surface area (Å²) in [6.07, 6.45) is 7.42. The smallest absolute Gasteiger partial charge is 0.227 e. The first-order valence-corrected chi connectivity index (χ1v) is 11.5. The molecule has 1 atom stereocenters. The second-order valence-electron chi connectivity index (χ2n) is 8.82. The summed E-state index contributed by atoms with van der Waals surface area (Å²) in [6, 6.07) is 7.19. The van der Waals surface area contributed by atoms with Crippen molar-refractivity contribution in [3.8, 4) is 0 Å². The molecule has 1 N–H and O–H groups in total. The molecule has 0 radical (unpaired) electrons. The van der Waals surface area contributed by atoms with Crippen molar-refractivity contribution in [3.05, 3.63) is 29.3 Å². The number of carbonyl (C=O) groups is 3. The summed E-state index contributed by atoms with van der Waals surface area (Å²) in [6.45, 7) is 1.81. The Labute approximate surface area is 182 Å². The Morgan fingerprint density at radius 2 is 1.60 bits per heavy atom. The monoisotopic (exact) mass is 431 g/mol. The fourth-order valence-corrected chi connectivity index (χ4v) is 5.05. The lowest BCUT2D eigenvalue weighted by Crippen LogP contribution is -2.49. The summed E-state index contributed by atoms with van der Waals surface area (Å²) in [5, 5.41) is 3.74. The second-order valence-corrected chi connectivity index (χ2v) is 9.26. The van der Waals surface area contributed by atoms with Crippen LogP contribution in [0.2, 0.25) is 5.02 Å². The molecule has 3 amide bonds. The fraction of sp³-hybridized carbons (Fsp3) is 0.609. The van der Waals surface area contributed by atoms with Crippen LogP contribution in [-0.2, 0) is 14.4 Å². The zero-order valence-corrected chi connectivity index (χ0v) is 18.1. The quantitative estimate of drug-likeness (QED) is 0.794. The van der Waals surface area contributed by atoms with Crippen molar-refractivity contribution in [1.29, 1.82) is 0 Å². The number of nitrogens with one attached hydrogen (secondary N) is 1. The van der Waals surface area contributed by atoms with Gasteiger partial charge in [0.05, 0.1) is 5.92 Å². The first-order valence-electron chi connectivity index (χ1n) is 11.2.